The molecule has 4 rings (SSSR count). The highest BCUT2D eigenvalue weighted by Crippen LogP contribution is 2.23. The van der Waals surface area contributed by atoms with Gasteiger partial charge in [0.25, 0.3) is 0 Å². The van der Waals surface area contributed by atoms with E-state index >= 15 is 0 Å². The van der Waals surface area contributed by atoms with Gasteiger partial charge in [0.1, 0.15) is 0 Å². The lowest BCUT2D eigenvalue weighted by Gasteiger charge is -2.10. The average molecular weight is 392 g/mol. The topological polar surface area (TPSA) is 72.2 Å². The van der Waals surface area contributed by atoms with Gasteiger partial charge in [-0.15, -0.1) is 11.3 Å². The van der Waals surface area contributed by atoms with Crippen molar-refractivity contribution < 1.29 is 4.79 Å². The van der Waals surface area contributed by atoms with Crippen molar-refractivity contribution in [2.45, 2.75) is 33.6 Å². The molecule has 28 heavy (non-hydrogen) atoms. The number of hydrogen-bond donors (Lipinski definition) is 1. The SMILES string of the molecule is Cc1csc(NC(=O)CCc2c(C)nc3cc(-c4ccccc4)nn3c2C)n1. The maximum absolute atomic E-state index is 12.3. The van der Waals surface area contributed by atoms with E-state index in [2.05, 4.69) is 10.3 Å². The van der Waals surface area contributed by atoms with Crippen molar-refractivity contribution in [3.63, 3.8) is 0 Å². The maximum Gasteiger partial charge on any atom is 0.226 e. The van der Waals surface area contributed by atoms with Crippen LogP contribution in [0.1, 0.15) is 29.1 Å². The van der Waals surface area contributed by atoms with Crippen LogP contribution in [-0.2, 0) is 11.2 Å². The molecule has 0 bridgehead atoms. The molecule has 1 N–H and O–H groups in total. The molecule has 0 saturated carbocycles. The van der Waals surface area contributed by atoms with Crippen molar-refractivity contribution in [2.24, 2.45) is 0 Å². The van der Waals surface area contributed by atoms with Crippen LogP contribution in [0.4, 0.5) is 5.13 Å². The number of aromatic nitrogens is 4. The van der Waals surface area contributed by atoms with Crippen molar-refractivity contribution in [3.8, 4) is 11.3 Å². The van der Waals surface area contributed by atoms with Gasteiger partial charge in [0, 0.05) is 34.8 Å². The lowest BCUT2D eigenvalue weighted by atomic mass is 10.1. The van der Waals surface area contributed by atoms with E-state index in [4.69, 9.17) is 10.1 Å². The number of hydrogen-bond acceptors (Lipinski definition) is 5. The summed E-state index contributed by atoms with van der Waals surface area (Å²) in [4.78, 5) is 21.3. The molecule has 0 radical (unpaired) electrons. The third-order valence-electron chi connectivity index (χ3n) is 4.70. The van der Waals surface area contributed by atoms with Crippen molar-refractivity contribution in [2.75, 3.05) is 5.32 Å². The molecule has 3 aromatic heterocycles. The van der Waals surface area contributed by atoms with E-state index < -0.39 is 0 Å². The number of nitrogens with one attached hydrogen (secondary N) is 1. The van der Waals surface area contributed by atoms with Crippen LogP contribution in [0.3, 0.4) is 0 Å². The second kappa shape index (κ2) is 7.52. The number of benzene rings is 1. The molecule has 0 unspecified atom stereocenters. The summed E-state index contributed by atoms with van der Waals surface area (Å²) in [6.07, 6.45) is 0.984. The first kappa shape index (κ1) is 18.3. The molecule has 7 heteroatoms. The largest absolute Gasteiger partial charge is 0.302 e. The van der Waals surface area contributed by atoms with Gasteiger partial charge in [0.05, 0.1) is 11.4 Å². The highest BCUT2D eigenvalue weighted by Gasteiger charge is 2.14. The van der Waals surface area contributed by atoms with Crippen LogP contribution in [0, 0.1) is 20.8 Å². The fourth-order valence-corrected chi connectivity index (χ4v) is 3.97. The second-order valence-corrected chi connectivity index (χ2v) is 7.63. The molecule has 4 aromatic rings. The Morgan fingerprint density at radius 2 is 1.93 bits per heavy atom. The molecule has 6 nitrogen and oxygen atoms in total. The molecule has 0 aliphatic carbocycles. The number of carbonyl (C=O) groups excluding carboxylic acids is 1. The van der Waals surface area contributed by atoms with Crippen molar-refractivity contribution in [1.82, 2.24) is 19.6 Å². The molecule has 0 atom stereocenters. The van der Waals surface area contributed by atoms with Gasteiger partial charge >= 0.3 is 0 Å². The van der Waals surface area contributed by atoms with E-state index in [1.165, 1.54) is 11.3 Å². The van der Waals surface area contributed by atoms with Crippen molar-refractivity contribution >= 4 is 28.0 Å². The molecule has 142 valence electrons. The Hall–Kier alpha value is -3.06. The van der Waals surface area contributed by atoms with Crippen LogP contribution >= 0.6 is 11.3 Å². The van der Waals surface area contributed by atoms with E-state index in [0.717, 1.165) is 39.5 Å². The zero-order valence-corrected chi connectivity index (χ0v) is 16.9. The maximum atomic E-state index is 12.3. The van der Waals surface area contributed by atoms with Gasteiger partial charge in [-0.1, -0.05) is 30.3 Å². The average Bonchev–Trinajstić information content (AvgIpc) is 3.28. The summed E-state index contributed by atoms with van der Waals surface area (Å²) < 4.78 is 1.87. The Balaban J connectivity index is 1.56. The Bertz CT molecular complexity index is 1150. The minimum absolute atomic E-state index is 0.0429. The van der Waals surface area contributed by atoms with Gasteiger partial charge in [-0.05, 0) is 32.8 Å². The van der Waals surface area contributed by atoms with E-state index in [1.54, 1.807) is 0 Å². The standard InChI is InChI=1S/C21H21N5OS/c1-13-12-28-21(22-13)24-20(27)10-9-17-14(2)23-19-11-18(25-26(19)15(17)3)16-7-5-4-6-8-16/h4-8,11-12H,9-10H2,1-3H3,(H,22,24,27). The minimum Gasteiger partial charge on any atom is -0.302 e. The number of rotatable bonds is 5. The van der Waals surface area contributed by atoms with Crippen LogP contribution in [0.15, 0.2) is 41.8 Å². The first-order chi connectivity index (χ1) is 13.5. The van der Waals surface area contributed by atoms with Gasteiger partial charge < -0.3 is 5.32 Å². The zero-order chi connectivity index (χ0) is 19.7. The van der Waals surface area contributed by atoms with Gasteiger partial charge in [0.2, 0.25) is 5.91 Å². The monoisotopic (exact) mass is 391 g/mol. The Labute approximate surface area is 167 Å². The first-order valence-corrected chi connectivity index (χ1v) is 10.0. The quantitative estimate of drug-likeness (QED) is 0.549. The smallest absolute Gasteiger partial charge is 0.226 e. The van der Waals surface area contributed by atoms with Gasteiger partial charge in [-0.2, -0.15) is 5.10 Å². The number of carbonyl (C=O) groups is 1. The summed E-state index contributed by atoms with van der Waals surface area (Å²) in [5.74, 6) is -0.0429. The molecular formula is C21H21N5OS. The number of nitrogens with zero attached hydrogens (tertiary/aromatic N) is 4. The van der Waals surface area contributed by atoms with Crippen molar-refractivity contribution in [3.05, 3.63) is 64.4 Å². The molecular weight excluding hydrogens is 370 g/mol. The van der Waals surface area contributed by atoms with E-state index in [9.17, 15) is 4.79 Å². The van der Waals surface area contributed by atoms with Crippen LogP contribution in [0.25, 0.3) is 16.9 Å². The van der Waals surface area contributed by atoms with E-state index in [-0.39, 0.29) is 5.91 Å². The third kappa shape index (κ3) is 3.66. The first-order valence-electron chi connectivity index (χ1n) is 9.14. The van der Waals surface area contributed by atoms with Gasteiger partial charge in [-0.25, -0.2) is 14.5 Å². The molecule has 0 spiro atoms. The summed E-state index contributed by atoms with van der Waals surface area (Å²) in [6.45, 7) is 5.92. The Morgan fingerprint density at radius 1 is 1.14 bits per heavy atom. The van der Waals surface area contributed by atoms with E-state index in [1.807, 2.05) is 67.1 Å². The Kier molecular flexibility index (Phi) is 4.92. The summed E-state index contributed by atoms with van der Waals surface area (Å²) in [5, 5.41) is 10.2. The zero-order valence-electron chi connectivity index (χ0n) is 16.1. The van der Waals surface area contributed by atoms with Crippen LogP contribution in [-0.4, -0.2) is 25.5 Å². The molecule has 1 aromatic carbocycles. The third-order valence-corrected chi connectivity index (χ3v) is 5.58. The molecule has 0 saturated heterocycles. The summed E-state index contributed by atoms with van der Waals surface area (Å²) in [6, 6.07) is 12.1. The summed E-state index contributed by atoms with van der Waals surface area (Å²) in [7, 11) is 0. The molecule has 0 aliphatic rings. The highest BCUT2D eigenvalue weighted by molar-refractivity contribution is 7.13. The number of anilines is 1. The van der Waals surface area contributed by atoms with E-state index in [0.29, 0.717) is 18.0 Å². The second-order valence-electron chi connectivity index (χ2n) is 6.77. The number of fused-ring (bicyclic) bond motifs is 1. The molecule has 0 aliphatic heterocycles. The predicted octanol–water partition coefficient (Wildman–Crippen LogP) is 4.35. The Morgan fingerprint density at radius 3 is 2.64 bits per heavy atom. The van der Waals surface area contributed by atoms with Crippen molar-refractivity contribution in [1.29, 1.82) is 0 Å². The minimum atomic E-state index is -0.0429. The van der Waals surface area contributed by atoms with Crippen LogP contribution in [0.5, 0.6) is 0 Å². The predicted molar refractivity (Wildman–Crippen MR) is 112 cm³/mol. The summed E-state index contributed by atoms with van der Waals surface area (Å²) >= 11 is 1.44. The van der Waals surface area contributed by atoms with Gasteiger partial charge in [-0.3, -0.25) is 4.79 Å². The van der Waals surface area contributed by atoms with Gasteiger partial charge in [0.15, 0.2) is 10.8 Å². The molecule has 1 amide bonds. The normalized spacial score (nSPS) is 11.1. The lowest BCUT2D eigenvalue weighted by Crippen LogP contribution is -2.14. The fourth-order valence-electron chi connectivity index (χ4n) is 3.27. The fraction of sp³-hybridized carbons (Fsp3) is 0.238. The van der Waals surface area contributed by atoms with Crippen LogP contribution < -0.4 is 5.32 Å². The lowest BCUT2D eigenvalue weighted by molar-refractivity contribution is -0.116. The molecule has 0 fully saturated rings. The molecule has 3 heterocycles. The highest BCUT2D eigenvalue weighted by atomic mass is 32.1. The number of thiazole rings is 1. The number of amides is 1. The number of aryl methyl sites for hydroxylation is 3. The van der Waals surface area contributed by atoms with Crippen LogP contribution in [0.2, 0.25) is 0 Å². The summed E-state index contributed by atoms with van der Waals surface area (Å²) in [5.41, 5.74) is 6.69.